The lowest BCUT2D eigenvalue weighted by atomic mass is 9.92. The summed E-state index contributed by atoms with van der Waals surface area (Å²) >= 11 is 0. The molecular weight excluding hydrogens is 276 g/mol. The van der Waals surface area contributed by atoms with Crippen LogP contribution in [0.15, 0.2) is 29.2 Å². The van der Waals surface area contributed by atoms with Crippen molar-refractivity contribution >= 4 is 10.0 Å². The first kappa shape index (κ1) is 15.3. The zero-order chi connectivity index (χ0) is 14.6. The Kier molecular flexibility index (Phi) is 4.67. The number of nitrogens with two attached hydrogens (primary N) is 2. The molecule has 112 valence electrons. The molecule has 1 fully saturated rings. The first-order valence-corrected chi connectivity index (χ1v) is 8.48. The Balaban J connectivity index is 1.96. The minimum atomic E-state index is -3.65. The van der Waals surface area contributed by atoms with Crippen molar-refractivity contribution in [3.63, 3.8) is 0 Å². The zero-order valence-corrected chi connectivity index (χ0v) is 12.4. The van der Waals surface area contributed by atoms with Gasteiger partial charge in [-0.2, -0.15) is 0 Å². The Labute approximate surface area is 120 Å². The smallest absolute Gasteiger partial charge is 0.238 e. The number of hydrogen-bond acceptors (Lipinski definition) is 4. The maximum Gasteiger partial charge on any atom is 0.238 e. The van der Waals surface area contributed by atoms with Crippen LogP contribution in [0, 0.1) is 0 Å². The Morgan fingerprint density at radius 1 is 1.05 bits per heavy atom. The van der Waals surface area contributed by atoms with E-state index in [-0.39, 0.29) is 10.4 Å². The highest BCUT2D eigenvalue weighted by Crippen LogP contribution is 2.26. The molecule has 0 unspecified atom stereocenters. The first-order valence-electron chi connectivity index (χ1n) is 6.94. The standard InChI is InChI=1S/C14H22N2O3S/c15-14(9-3-1-2-4-10-14)11-19-12-5-7-13(8-6-12)20(16,17)18/h5-8H,1-4,9-11,15H2,(H2,16,17,18). The van der Waals surface area contributed by atoms with Gasteiger partial charge in [0.25, 0.3) is 0 Å². The molecule has 5 nitrogen and oxygen atoms in total. The summed E-state index contributed by atoms with van der Waals surface area (Å²) in [5.41, 5.74) is 6.10. The molecule has 1 saturated carbocycles. The van der Waals surface area contributed by atoms with Crippen LogP contribution in [0.1, 0.15) is 38.5 Å². The summed E-state index contributed by atoms with van der Waals surface area (Å²) < 4.78 is 28.0. The van der Waals surface area contributed by atoms with E-state index in [2.05, 4.69) is 0 Å². The maximum atomic E-state index is 11.2. The molecule has 0 amide bonds. The van der Waals surface area contributed by atoms with Crippen LogP contribution in [0.25, 0.3) is 0 Å². The predicted octanol–water partition coefficient (Wildman–Crippen LogP) is 1.76. The van der Waals surface area contributed by atoms with E-state index in [0.717, 1.165) is 25.7 Å². The Morgan fingerprint density at radius 3 is 2.10 bits per heavy atom. The van der Waals surface area contributed by atoms with Gasteiger partial charge in [-0.05, 0) is 37.1 Å². The fourth-order valence-electron chi connectivity index (χ4n) is 2.53. The number of hydrogen-bond donors (Lipinski definition) is 2. The molecule has 1 aromatic rings. The summed E-state index contributed by atoms with van der Waals surface area (Å²) in [5.74, 6) is 0.617. The number of rotatable bonds is 4. The highest BCUT2D eigenvalue weighted by atomic mass is 32.2. The summed E-state index contributed by atoms with van der Waals surface area (Å²) in [6.07, 6.45) is 6.71. The Morgan fingerprint density at radius 2 is 1.60 bits per heavy atom. The molecule has 0 aromatic heterocycles. The molecule has 0 bridgehead atoms. The lowest BCUT2D eigenvalue weighted by Crippen LogP contribution is -2.45. The lowest BCUT2D eigenvalue weighted by molar-refractivity contribution is 0.199. The molecule has 0 atom stereocenters. The molecule has 0 heterocycles. The van der Waals surface area contributed by atoms with Crippen LogP contribution in [0.2, 0.25) is 0 Å². The average Bonchev–Trinajstić information content (AvgIpc) is 2.61. The van der Waals surface area contributed by atoms with Gasteiger partial charge >= 0.3 is 0 Å². The predicted molar refractivity (Wildman–Crippen MR) is 77.9 cm³/mol. The van der Waals surface area contributed by atoms with Crippen molar-refractivity contribution in [3.05, 3.63) is 24.3 Å². The summed E-state index contributed by atoms with van der Waals surface area (Å²) in [4.78, 5) is 0.0850. The average molecular weight is 298 g/mol. The molecule has 0 radical (unpaired) electrons. The number of benzene rings is 1. The molecular formula is C14H22N2O3S. The van der Waals surface area contributed by atoms with Gasteiger partial charge < -0.3 is 10.5 Å². The van der Waals surface area contributed by atoms with E-state index in [4.69, 9.17) is 15.6 Å². The monoisotopic (exact) mass is 298 g/mol. The third-order valence-corrected chi connectivity index (χ3v) is 4.71. The largest absolute Gasteiger partial charge is 0.492 e. The van der Waals surface area contributed by atoms with Crippen molar-refractivity contribution < 1.29 is 13.2 Å². The van der Waals surface area contributed by atoms with Gasteiger partial charge in [0, 0.05) is 0 Å². The van der Waals surface area contributed by atoms with Crippen LogP contribution in [0.4, 0.5) is 0 Å². The second-order valence-electron chi connectivity index (χ2n) is 5.58. The zero-order valence-electron chi connectivity index (χ0n) is 11.5. The molecule has 1 aliphatic rings. The van der Waals surface area contributed by atoms with E-state index >= 15 is 0 Å². The molecule has 0 spiro atoms. The van der Waals surface area contributed by atoms with E-state index in [0.29, 0.717) is 12.4 Å². The summed E-state index contributed by atoms with van der Waals surface area (Å²) in [6.45, 7) is 0.460. The Bertz CT molecular complexity index is 532. The van der Waals surface area contributed by atoms with Crippen molar-refractivity contribution in [2.24, 2.45) is 10.9 Å². The summed E-state index contributed by atoms with van der Waals surface area (Å²) in [6, 6.07) is 6.11. The second kappa shape index (κ2) is 6.11. The van der Waals surface area contributed by atoms with Gasteiger partial charge in [-0.15, -0.1) is 0 Å². The fraction of sp³-hybridized carbons (Fsp3) is 0.571. The fourth-order valence-corrected chi connectivity index (χ4v) is 3.05. The quantitative estimate of drug-likeness (QED) is 0.828. The van der Waals surface area contributed by atoms with Crippen LogP contribution in [0.5, 0.6) is 5.75 Å². The number of primary sulfonamides is 1. The van der Waals surface area contributed by atoms with Crippen molar-refractivity contribution in [2.45, 2.75) is 49.0 Å². The van der Waals surface area contributed by atoms with Crippen LogP contribution in [-0.2, 0) is 10.0 Å². The second-order valence-corrected chi connectivity index (χ2v) is 7.14. The first-order chi connectivity index (χ1) is 9.39. The van der Waals surface area contributed by atoms with Gasteiger partial charge in [0.15, 0.2) is 0 Å². The number of ether oxygens (including phenoxy) is 1. The van der Waals surface area contributed by atoms with Gasteiger partial charge in [-0.1, -0.05) is 25.7 Å². The molecule has 1 aromatic carbocycles. The van der Waals surface area contributed by atoms with Gasteiger partial charge in [0.05, 0.1) is 10.4 Å². The van der Waals surface area contributed by atoms with Gasteiger partial charge in [0.2, 0.25) is 10.0 Å². The van der Waals surface area contributed by atoms with E-state index in [1.54, 1.807) is 12.1 Å². The normalized spacial score (nSPS) is 19.3. The van der Waals surface area contributed by atoms with Crippen molar-refractivity contribution in [3.8, 4) is 5.75 Å². The van der Waals surface area contributed by atoms with E-state index in [1.165, 1.54) is 25.0 Å². The third kappa shape index (κ3) is 4.19. The van der Waals surface area contributed by atoms with E-state index < -0.39 is 10.0 Å². The minimum absolute atomic E-state index is 0.0850. The number of sulfonamides is 1. The maximum absolute atomic E-state index is 11.2. The third-order valence-electron chi connectivity index (χ3n) is 3.78. The summed E-state index contributed by atoms with van der Waals surface area (Å²) in [5, 5.41) is 5.05. The Hall–Kier alpha value is -1.11. The molecule has 1 aliphatic carbocycles. The minimum Gasteiger partial charge on any atom is -0.492 e. The molecule has 0 aliphatic heterocycles. The van der Waals surface area contributed by atoms with E-state index in [1.807, 2.05) is 0 Å². The van der Waals surface area contributed by atoms with Crippen molar-refractivity contribution in [1.82, 2.24) is 0 Å². The highest BCUT2D eigenvalue weighted by Gasteiger charge is 2.27. The van der Waals surface area contributed by atoms with Crippen LogP contribution in [-0.4, -0.2) is 20.6 Å². The highest BCUT2D eigenvalue weighted by molar-refractivity contribution is 7.89. The van der Waals surface area contributed by atoms with Crippen molar-refractivity contribution in [1.29, 1.82) is 0 Å². The molecule has 2 rings (SSSR count). The van der Waals surface area contributed by atoms with Crippen LogP contribution in [0.3, 0.4) is 0 Å². The molecule has 20 heavy (non-hydrogen) atoms. The van der Waals surface area contributed by atoms with Crippen LogP contribution < -0.4 is 15.6 Å². The molecule has 4 N–H and O–H groups in total. The van der Waals surface area contributed by atoms with E-state index in [9.17, 15) is 8.42 Å². The van der Waals surface area contributed by atoms with Gasteiger partial charge in [0.1, 0.15) is 12.4 Å². The van der Waals surface area contributed by atoms with Crippen LogP contribution >= 0.6 is 0 Å². The lowest BCUT2D eigenvalue weighted by Gasteiger charge is -2.27. The molecule has 0 saturated heterocycles. The van der Waals surface area contributed by atoms with Gasteiger partial charge in [-0.25, -0.2) is 13.6 Å². The topological polar surface area (TPSA) is 95.4 Å². The van der Waals surface area contributed by atoms with Gasteiger partial charge in [-0.3, -0.25) is 0 Å². The molecule has 6 heteroatoms. The SMILES string of the molecule is NC1(COc2ccc(S(N)(=O)=O)cc2)CCCCCC1. The van der Waals surface area contributed by atoms with Crippen molar-refractivity contribution in [2.75, 3.05) is 6.61 Å². The summed E-state index contributed by atoms with van der Waals surface area (Å²) in [7, 11) is -3.65.